The highest BCUT2D eigenvalue weighted by Crippen LogP contribution is 2.44. The lowest BCUT2D eigenvalue weighted by Crippen LogP contribution is -2.19. The summed E-state index contributed by atoms with van der Waals surface area (Å²) >= 11 is 1.76. The van der Waals surface area contributed by atoms with Crippen LogP contribution in [0.5, 0.6) is 0 Å². The fraction of sp³-hybridized carbons (Fsp3) is 0.100. The van der Waals surface area contributed by atoms with Gasteiger partial charge in [0, 0.05) is 27.4 Å². The SMILES string of the molecule is O=P(CCSc1ccccc1)(c1ccccc1)c1ccccc1. The van der Waals surface area contributed by atoms with Crippen molar-refractivity contribution in [2.24, 2.45) is 0 Å². The first-order chi connectivity index (χ1) is 11.3. The fourth-order valence-electron chi connectivity index (χ4n) is 2.55. The lowest BCUT2D eigenvalue weighted by Gasteiger charge is -2.19. The van der Waals surface area contributed by atoms with E-state index in [0.29, 0.717) is 6.16 Å². The van der Waals surface area contributed by atoms with Gasteiger partial charge in [-0.2, -0.15) is 0 Å². The van der Waals surface area contributed by atoms with Crippen molar-refractivity contribution < 1.29 is 4.57 Å². The molecule has 3 aromatic rings. The Balaban J connectivity index is 1.83. The zero-order chi connectivity index (χ0) is 16.0. The van der Waals surface area contributed by atoms with Gasteiger partial charge in [0.2, 0.25) is 0 Å². The fourth-order valence-corrected chi connectivity index (χ4v) is 6.65. The van der Waals surface area contributed by atoms with E-state index in [-0.39, 0.29) is 0 Å². The summed E-state index contributed by atoms with van der Waals surface area (Å²) in [6.07, 6.45) is 0.667. The third kappa shape index (κ3) is 3.96. The van der Waals surface area contributed by atoms with Crippen molar-refractivity contribution in [2.75, 3.05) is 11.9 Å². The molecular weight excluding hydrogens is 319 g/mol. The number of rotatable bonds is 6. The van der Waals surface area contributed by atoms with Gasteiger partial charge in [-0.3, -0.25) is 0 Å². The maximum absolute atomic E-state index is 13.8. The van der Waals surface area contributed by atoms with Crippen molar-refractivity contribution in [2.45, 2.75) is 4.90 Å². The Kier molecular flexibility index (Phi) is 5.38. The quantitative estimate of drug-likeness (QED) is 0.475. The van der Waals surface area contributed by atoms with E-state index < -0.39 is 7.14 Å². The van der Waals surface area contributed by atoms with Crippen molar-refractivity contribution in [3.63, 3.8) is 0 Å². The van der Waals surface area contributed by atoms with E-state index in [2.05, 4.69) is 12.1 Å². The molecule has 0 spiro atoms. The standard InChI is InChI=1S/C20H19OPS/c21-22(18-10-4-1-5-11-18,19-12-6-2-7-13-19)16-17-23-20-14-8-3-9-15-20/h1-15H,16-17H2. The first-order valence-electron chi connectivity index (χ1n) is 7.67. The highest BCUT2D eigenvalue weighted by atomic mass is 32.2. The Labute approximate surface area is 142 Å². The van der Waals surface area contributed by atoms with E-state index in [1.165, 1.54) is 4.90 Å². The maximum Gasteiger partial charge on any atom is 0.144 e. The van der Waals surface area contributed by atoms with Crippen LogP contribution in [0.25, 0.3) is 0 Å². The van der Waals surface area contributed by atoms with Crippen LogP contribution in [-0.4, -0.2) is 11.9 Å². The summed E-state index contributed by atoms with van der Waals surface area (Å²) in [5, 5.41) is 1.89. The number of thioether (sulfide) groups is 1. The molecule has 0 radical (unpaired) electrons. The van der Waals surface area contributed by atoms with E-state index in [1.54, 1.807) is 11.8 Å². The molecule has 116 valence electrons. The topological polar surface area (TPSA) is 17.1 Å². The molecule has 3 aromatic carbocycles. The summed E-state index contributed by atoms with van der Waals surface area (Å²) in [4.78, 5) is 1.22. The predicted octanol–water partition coefficient (Wildman–Crippen LogP) is 4.79. The van der Waals surface area contributed by atoms with Gasteiger partial charge in [0.25, 0.3) is 0 Å². The highest BCUT2D eigenvalue weighted by molar-refractivity contribution is 7.99. The molecule has 0 saturated heterocycles. The van der Waals surface area contributed by atoms with Crippen molar-refractivity contribution in [3.8, 4) is 0 Å². The van der Waals surface area contributed by atoms with Crippen LogP contribution in [0.2, 0.25) is 0 Å². The molecule has 0 atom stereocenters. The van der Waals surface area contributed by atoms with Crippen LogP contribution in [-0.2, 0) is 4.57 Å². The van der Waals surface area contributed by atoms with Crippen molar-refractivity contribution in [1.29, 1.82) is 0 Å². The third-order valence-electron chi connectivity index (χ3n) is 3.76. The molecule has 0 unspecified atom stereocenters. The molecule has 0 saturated carbocycles. The lowest BCUT2D eigenvalue weighted by atomic mass is 10.4. The van der Waals surface area contributed by atoms with E-state index in [0.717, 1.165) is 16.4 Å². The van der Waals surface area contributed by atoms with E-state index in [4.69, 9.17) is 0 Å². The molecule has 3 heteroatoms. The monoisotopic (exact) mass is 338 g/mol. The molecule has 3 rings (SSSR count). The molecule has 1 nitrogen and oxygen atoms in total. The molecule has 0 aliphatic carbocycles. The minimum atomic E-state index is -2.58. The highest BCUT2D eigenvalue weighted by Gasteiger charge is 2.26. The summed E-state index contributed by atoms with van der Waals surface area (Å²) in [7, 11) is -2.58. The second-order valence-corrected chi connectivity index (χ2v) is 9.42. The average Bonchev–Trinajstić information content (AvgIpc) is 2.64. The molecule has 0 heterocycles. The van der Waals surface area contributed by atoms with Gasteiger partial charge in [0.05, 0.1) is 0 Å². The van der Waals surface area contributed by atoms with Crippen LogP contribution < -0.4 is 10.6 Å². The van der Waals surface area contributed by atoms with Crippen molar-refractivity contribution >= 4 is 29.5 Å². The number of hydrogen-bond donors (Lipinski definition) is 0. The van der Waals surface area contributed by atoms with Gasteiger partial charge in [-0.25, -0.2) is 0 Å². The first kappa shape index (κ1) is 16.1. The minimum absolute atomic E-state index is 0.667. The molecule has 0 aromatic heterocycles. The molecule has 23 heavy (non-hydrogen) atoms. The van der Waals surface area contributed by atoms with Crippen LogP contribution >= 0.6 is 18.9 Å². The Hall–Kier alpha value is -1.76. The molecule has 0 aliphatic rings. The molecule has 0 N–H and O–H groups in total. The van der Waals surface area contributed by atoms with Crippen LogP contribution in [0.3, 0.4) is 0 Å². The van der Waals surface area contributed by atoms with E-state index >= 15 is 0 Å². The van der Waals surface area contributed by atoms with Gasteiger partial charge in [-0.15, -0.1) is 11.8 Å². The second-order valence-electron chi connectivity index (χ2n) is 5.30. The van der Waals surface area contributed by atoms with Crippen molar-refractivity contribution in [3.05, 3.63) is 91.0 Å². The van der Waals surface area contributed by atoms with E-state index in [1.807, 2.05) is 78.9 Å². The molecule has 0 bridgehead atoms. The van der Waals surface area contributed by atoms with Gasteiger partial charge in [0.1, 0.15) is 7.14 Å². The Bertz CT molecular complexity index is 729. The summed E-state index contributed by atoms with van der Waals surface area (Å²) in [6.45, 7) is 0. The Morgan fingerprint density at radius 2 is 1.09 bits per heavy atom. The third-order valence-corrected chi connectivity index (χ3v) is 8.20. The summed E-state index contributed by atoms with van der Waals surface area (Å²) in [6, 6.07) is 30.0. The number of benzene rings is 3. The Morgan fingerprint density at radius 3 is 1.57 bits per heavy atom. The molecular formula is C20H19OPS. The maximum atomic E-state index is 13.8. The Morgan fingerprint density at radius 1 is 0.652 bits per heavy atom. The van der Waals surface area contributed by atoms with Gasteiger partial charge < -0.3 is 4.57 Å². The molecule has 0 fully saturated rings. The van der Waals surface area contributed by atoms with Crippen LogP contribution in [0.1, 0.15) is 0 Å². The van der Waals surface area contributed by atoms with E-state index in [9.17, 15) is 4.57 Å². The zero-order valence-electron chi connectivity index (χ0n) is 12.8. The summed E-state index contributed by atoms with van der Waals surface area (Å²) in [5.41, 5.74) is 0. The van der Waals surface area contributed by atoms with Crippen LogP contribution in [0.4, 0.5) is 0 Å². The van der Waals surface area contributed by atoms with Gasteiger partial charge in [0.15, 0.2) is 0 Å². The van der Waals surface area contributed by atoms with Crippen LogP contribution in [0.15, 0.2) is 95.9 Å². The normalized spacial score (nSPS) is 11.3. The predicted molar refractivity (Wildman–Crippen MR) is 102 cm³/mol. The summed E-state index contributed by atoms with van der Waals surface area (Å²) < 4.78 is 13.8. The summed E-state index contributed by atoms with van der Waals surface area (Å²) in [5.74, 6) is 0.838. The average molecular weight is 338 g/mol. The molecule has 0 amide bonds. The number of hydrogen-bond acceptors (Lipinski definition) is 2. The van der Waals surface area contributed by atoms with Gasteiger partial charge >= 0.3 is 0 Å². The van der Waals surface area contributed by atoms with Crippen LogP contribution in [0, 0.1) is 0 Å². The minimum Gasteiger partial charge on any atom is -0.314 e. The first-order valence-corrected chi connectivity index (χ1v) is 10.5. The van der Waals surface area contributed by atoms with Gasteiger partial charge in [-0.05, 0) is 12.1 Å². The van der Waals surface area contributed by atoms with Crippen molar-refractivity contribution in [1.82, 2.24) is 0 Å². The lowest BCUT2D eigenvalue weighted by molar-refractivity contribution is 0.588. The largest absolute Gasteiger partial charge is 0.314 e. The van der Waals surface area contributed by atoms with Gasteiger partial charge in [-0.1, -0.05) is 78.9 Å². The smallest absolute Gasteiger partial charge is 0.144 e. The second kappa shape index (κ2) is 7.68. The molecule has 0 aliphatic heterocycles. The zero-order valence-corrected chi connectivity index (χ0v) is 14.5.